The number of rotatable bonds is 6. The molecule has 0 spiro atoms. The van der Waals surface area contributed by atoms with Crippen LogP contribution in [0.2, 0.25) is 0 Å². The van der Waals surface area contributed by atoms with Gasteiger partial charge in [0.05, 0.1) is 7.11 Å². The summed E-state index contributed by atoms with van der Waals surface area (Å²) in [7, 11) is 1.65. The molecule has 112 valence electrons. The van der Waals surface area contributed by atoms with Gasteiger partial charge >= 0.3 is 0 Å². The van der Waals surface area contributed by atoms with Gasteiger partial charge in [-0.05, 0) is 30.2 Å². The zero-order chi connectivity index (χ0) is 15.2. The van der Waals surface area contributed by atoms with Crippen molar-refractivity contribution in [3.63, 3.8) is 0 Å². The van der Waals surface area contributed by atoms with E-state index in [0.29, 0.717) is 12.1 Å². The number of para-hydroxylation sites is 1. The molecule has 2 aromatic rings. The van der Waals surface area contributed by atoms with Gasteiger partial charge in [0.1, 0.15) is 5.75 Å². The van der Waals surface area contributed by atoms with Gasteiger partial charge in [0, 0.05) is 18.2 Å². The minimum atomic E-state index is -0.0909. The molecule has 4 heteroatoms. The highest BCUT2D eigenvalue weighted by molar-refractivity contribution is 5.44. The van der Waals surface area contributed by atoms with E-state index in [4.69, 9.17) is 4.74 Å². The van der Waals surface area contributed by atoms with E-state index in [2.05, 4.69) is 12.2 Å². The van der Waals surface area contributed by atoms with Crippen LogP contribution >= 0.6 is 0 Å². The zero-order valence-electron chi connectivity index (χ0n) is 12.3. The molecular formula is C17H21NO3. The molecule has 2 aromatic carbocycles. The first-order valence-electron chi connectivity index (χ1n) is 7.02. The highest BCUT2D eigenvalue weighted by Gasteiger charge is 2.11. The lowest BCUT2D eigenvalue weighted by Gasteiger charge is -2.18. The second-order valence-corrected chi connectivity index (χ2v) is 4.90. The third-order valence-electron chi connectivity index (χ3n) is 3.56. The number of benzene rings is 2. The standard InChI is InChI=1S/C17H21NO3/c1-3-15(12-7-9-14(21-2)10-8-12)18-11-13-5-4-6-16(19)17(13)20/h4-10,15,18-20H,3,11H2,1-2H3. The molecule has 1 atom stereocenters. The van der Waals surface area contributed by atoms with E-state index in [0.717, 1.165) is 17.7 Å². The number of hydrogen-bond donors (Lipinski definition) is 3. The molecule has 0 amide bonds. The van der Waals surface area contributed by atoms with Gasteiger partial charge in [-0.1, -0.05) is 31.2 Å². The molecule has 0 bridgehead atoms. The molecule has 0 heterocycles. The number of nitrogens with one attached hydrogen (secondary N) is 1. The van der Waals surface area contributed by atoms with Gasteiger partial charge in [-0.2, -0.15) is 0 Å². The van der Waals surface area contributed by atoms with Crippen molar-refractivity contribution in [1.82, 2.24) is 5.32 Å². The summed E-state index contributed by atoms with van der Waals surface area (Å²) in [6.45, 7) is 2.59. The van der Waals surface area contributed by atoms with Crippen molar-refractivity contribution < 1.29 is 14.9 Å². The van der Waals surface area contributed by atoms with Gasteiger partial charge in [-0.25, -0.2) is 0 Å². The van der Waals surface area contributed by atoms with Gasteiger partial charge < -0.3 is 20.3 Å². The van der Waals surface area contributed by atoms with Crippen LogP contribution in [-0.4, -0.2) is 17.3 Å². The first kappa shape index (κ1) is 15.2. The maximum Gasteiger partial charge on any atom is 0.161 e. The Labute approximate surface area is 125 Å². The van der Waals surface area contributed by atoms with Crippen LogP contribution in [0.25, 0.3) is 0 Å². The number of hydrogen-bond acceptors (Lipinski definition) is 4. The molecule has 2 rings (SSSR count). The van der Waals surface area contributed by atoms with Crippen LogP contribution in [-0.2, 0) is 6.54 Å². The van der Waals surface area contributed by atoms with Crippen molar-refractivity contribution in [1.29, 1.82) is 0 Å². The highest BCUT2D eigenvalue weighted by atomic mass is 16.5. The average Bonchev–Trinajstić information content (AvgIpc) is 2.52. The quantitative estimate of drug-likeness (QED) is 0.713. The third-order valence-corrected chi connectivity index (χ3v) is 3.56. The van der Waals surface area contributed by atoms with E-state index < -0.39 is 0 Å². The SMILES string of the molecule is CCC(NCc1cccc(O)c1O)c1ccc(OC)cc1. The number of ether oxygens (including phenoxy) is 1. The summed E-state index contributed by atoms with van der Waals surface area (Å²) in [4.78, 5) is 0. The van der Waals surface area contributed by atoms with Gasteiger partial charge in [0.2, 0.25) is 0 Å². The number of aromatic hydroxyl groups is 2. The maximum absolute atomic E-state index is 9.82. The predicted molar refractivity (Wildman–Crippen MR) is 82.6 cm³/mol. The summed E-state index contributed by atoms with van der Waals surface area (Å²) in [6.07, 6.45) is 0.923. The molecule has 3 N–H and O–H groups in total. The fourth-order valence-corrected chi connectivity index (χ4v) is 2.29. The number of methoxy groups -OCH3 is 1. The second-order valence-electron chi connectivity index (χ2n) is 4.90. The normalized spacial score (nSPS) is 12.1. The molecule has 0 saturated carbocycles. The summed E-state index contributed by atoms with van der Waals surface area (Å²) in [5.74, 6) is 0.681. The van der Waals surface area contributed by atoms with E-state index in [-0.39, 0.29) is 17.5 Å². The van der Waals surface area contributed by atoms with E-state index in [1.165, 1.54) is 6.07 Å². The monoisotopic (exact) mass is 287 g/mol. The fourth-order valence-electron chi connectivity index (χ4n) is 2.29. The van der Waals surface area contributed by atoms with Crippen LogP contribution in [0.15, 0.2) is 42.5 Å². The molecule has 0 radical (unpaired) electrons. The highest BCUT2D eigenvalue weighted by Crippen LogP contribution is 2.29. The van der Waals surface area contributed by atoms with Crippen molar-refractivity contribution in [2.75, 3.05) is 7.11 Å². The topological polar surface area (TPSA) is 61.7 Å². The lowest BCUT2D eigenvalue weighted by Crippen LogP contribution is -2.20. The van der Waals surface area contributed by atoms with Gasteiger partial charge in [-0.3, -0.25) is 0 Å². The van der Waals surface area contributed by atoms with Gasteiger partial charge in [0.25, 0.3) is 0 Å². The van der Waals surface area contributed by atoms with Crippen molar-refractivity contribution >= 4 is 0 Å². The van der Waals surface area contributed by atoms with E-state index in [1.54, 1.807) is 19.2 Å². The molecule has 0 aliphatic carbocycles. The lowest BCUT2D eigenvalue weighted by molar-refractivity contribution is 0.395. The Morgan fingerprint density at radius 2 is 1.81 bits per heavy atom. The Bertz CT molecular complexity index is 581. The Balaban J connectivity index is 2.06. The van der Waals surface area contributed by atoms with Crippen molar-refractivity contribution in [3.05, 3.63) is 53.6 Å². The van der Waals surface area contributed by atoms with Crippen molar-refractivity contribution in [2.24, 2.45) is 0 Å². The Morgan fingerprint density at radius 3 is 2.43 bits per heavy atom. The van der Waals surface area contributed by atoms with E-state index >= 15 is 0 Å². The van der Waals surface area contributed by atoms with Crippen molar-refractivity contribution in [2.45, 2.75) is 25.9 Å². The summed E-state index contributed by atoms with van der Waals surface area (Å²) >= 11 is 0. The van der Waals surface area contributed by atoms with Gasteiger partial charge in [0.15, 0.2) is 11.5 Å². The van der Waals surface area contributed by atoms with Crippen LogP contribution in [0.4, 0.5) is 0 Å². The molecule has 0 fully saturated rings. The second kappa shape index (κ2) is 6.99. The number of phenols is 2. The van der Waals surface area contributed by atoms with E-state index in [9.17, 15) is 10.2 Å². The van der Waals surface area contributed by atoms with Crippen LogP contribution in [0.5, 0.6) is 17.2 Å². The van der Waals surface area contributed by atoms with Crippen LogP contribution in [0, 0.1) is 0 Å². The molecule has 0 aliphatic rings. The molecule has 0 aromatic heterocycles. The van der Waals surface area contributed by atoms with Crippen LogP contribution in [0.3, 0.4) is 0 Å². The van der Waals surface area contributed by atoms with E-state index in [1.807, 2.05) is 24.3 Å². The molecule has 0 aliphatic heterocycles. The predicted octanol–water partition coefficient (Wildman–Crippen LogP) is 3.35. The molecule has 0 saturated heterocycles. The van der Waals surface area contributed by atoms with Crippen LogP contribution < -0.4 is 10.1 Å². The Hall–Kier alpha value is -2.20. The van der Waals surface area contributed by atoms with Crippen LogP contribution in [0.1, 0.15) is 30.5 Å². The summed E-state index contributed by atoms with van der Waals surface area (Å²) in [5, 5.41) is 22.7. The Kier molecular flexibility index (Phi) is 5.06. The minimum Gasteiger partial charge on any atom is -0.504 e. The summed E-state index contributed by atoms with van der Waals surface area (Å²) in [6, 6.07) is 13.1. The first-order chi connectivity index (χ1) is 10.2. The molecular weight excluding hydrogens is 266 g/mol. The van der Waals surface area contributed by atoms with Gasteiger partial charge in [-0.15, -0.1) is 0 Å². The lowest BCUT2D eigenvalue weighted by atomic mass is 10.0. The Morgan fingerprint density at radius 1 is 1.10 bits per heavy atom. The fraction of sp³-hybridized carbons (Fsp3) is 0.294. The molecule has 4 nitrogen and oxygen atoms in total. The largest absolute Gasteiger partial charge is 0.504 e. The average molecular weight is 287 g/mol. The summed E-state index contributed by atoms with van der Waals surface area (Å²) in [5.41, 5.74) is 1.85. The summed E-state index contributed by atoms with van der Waals surface area (Å²) < 4.78 is 5.16. The minimum absolute atomic E-state index is 0.0606. The van der Waals surface area contributed by atoms with Crippen molar-refractivity contribution in [3.8, 4) is 17.2 Å². The zero-order valence-corrected chi connectivity index (χ0v) is 12.3. The third kappa shape index (κ3) is 3.67. The number of phenolic OH excluding ortho intramolecular Hbond substituents is 2. The first-order valence-corrected chi connectivity index (χ1v) is 7.02. The smallest absolute Gasteiger partial charge is 0.161 e. The molecule has 21 heavy (non-hydrogen) atoms. The molecule has 1 unspecified atom stereocenters. The maximum atomic E-state index is 9.82.